The van der Waals surface area contributed by atoms with E-state index in [1.54, 1.807) is 7.11 Å². The molecule has 0 radical (unpaired) electrons. The Kier molecular flexibility index (Phi) is 6.06. The number of benzene rings is 2. The van der Waals surface area contributed by atoms with Crippen LogP contribution in [0.4, 0.5) is 15.9 Å². The van der Waals surface area contributed by atoms with Gasteiger partial charge < -0.3 is 19.6 Å². The molecule has 34 heavy (non-hydrogen) atoms. The van der Waals surface area contributed by atoms with E-state index in [4.69, 9.17) is 9.72 Å². The molecule has 0 spiro atoms. The fourth-order valence-corrected chi connectivity index (χ4v) is 4.95. The van der Waals surface area contributed by atoms with Crippen molar-refractivity contribution in [1.82, 2.24) is 9.97 Å². The number of fused-ring (bicyclic) bond motifs is 1. The van der Waals surface area contributed by atoms with Crippen LogP contribution in [0.15, 0.2) is 36.4 Å². The summed E-state index contributed by atoms with van der Waals surface area (Å²) in [6, 6.07) is 12.4. The van der Waals surface area contributed by atoms with Crippen LogP contribution in [0.5, 0.6) is 5.75 Å². The Balaban J connectivity index is 1.47. The number of rotatable bonds is 7. The van der Waals surface area contributed by atoms with Crippen molar-refractivity contribution in [1.29, 1.82) is 0 Å². The van der Waals surface area contributed by atoms with Gasteiger partial charge in [-0.2, -0.15) is 0 Å². The first-order valence-electron chi connectivity index (χ1n) is 12.1. The number of aliphatic hydroxyl groups excluding tert-OH is 1. The lowest BCUT2D eigenvalue weighted by atomic mass is 9.88. The zero-order valence-electron chi connectivity index (χ0n) is 20.2. The van der Waals surface area contributed by atoms with Gasteiger partial charge in [0.1, 0.15) is 11.6 Å². The van der Waals surface area contributed by atoms with Crippen LogP contribution in [0.25, 0.3) is 10.9 Å². The van der Waals surface area contributed by atoms with Gasteiger partial charge in [-0.3, -0.25) is 0 Å². The smallest absolute Gasteiger partial charge is 0.170 e. The topological polar surface area (TPSA) is 61.7 Å². The van der Waals surface area contributed by atoms with Crippen molar-refractivity contribution in [2.45, 2.75) is 44.2 Å². The summed E-state index contributed by atoms with van der Waals surface area (Å²) in [5.74, 6) is 2.51. The number of hydrogen-bond acceptors (Lipinski definition) is 6. The van der Waals surface area contributed by atoms with Gasteiger partial charge in [-0.25, -0.2) is 14.4 Å². The van der Waals surface area contributed by atoms with E-state index >= 15 is 4.39 Å². The van der Waals surface area contributed by atoms with E-state index in [1.165, 1.54) is 11.1 Å². The molecule has 1 saturated carbocycles. The van der Waals surface area contributed by atoms with E-state index in [9.17, 15) is 5.11 Å². The Labute approximate surface area is 200 Å². The molecule has 0 unspecified atom stereocenters. The second-order valence-corrected chi connectivity index (χ2v) is 9.69. The minimum atomic E-state index is -1.39. The van der Waals surface area contributed by atoms with E-state index in [0.717, 1.165) is 54.1 Å². The van der Waals surface area contributed by atoms with Gasteiger partial charge in [0, 0.05) is 37.8 Å². The van der Waals surface area contributed by atoms with Gasteiger partial charge in [-0.15, -0.1) is 0 Å². The number of likely N-dealkylation sites (N-methyl/N-ethyl adjacent to an activating group) is 1. The Morgan fingerprint density at radius 2 is 1.91 bits per heavy atom. The van der Waals surface area contributed by atoms with Gasteiger partial charge in [0.05, 0.1) is 19.2 Å². The highest BCUT2D eigenvalue weighted by molar-refractivity contribution is 5.92. The number of aromatic nitrogens is 2. The number of anilines is 2. The number of aliphatic hydroxyl groups is 1. The van der Waals surface area contributed by atoms with Crippen LogP contribution >= 0.6 is 0 Å². The molecule has 2 fully saturated rings. The first-order valence-corrected chi connectivity index (χ1v) is 12.1. The lowest BCUT2D eigenvalue weighted by Gasteiger charge is -2.34. The molecule has 5 rings (SSSR count). The summed E-state index contributed by atoms with van der Waals surface area (Å²) in [7, 11) is 3.69. The summed E-state index contributed by atoms with van der Waals surface area (Å²) >= 11 is 0. The highest BCUT2D eigenvalue weighted by Gasteiger charge is 2.48. The average Bonchev–Trinajstić information content (AvgIpc) is 3.61. The molecule has 7 heteroatoms. The zero-order valence-corrected chi connectivity index (χ0v) is 20.2. The Morgan fingerprint density at radius 3 is 2.59 bits per heavy atom. The summed E-state index contributed by atoms with van der Waals surface area (Å²) in [5, 5.41) is 10.3. The molecule has 1 aliphatic carbocycles. The standard InChI is InChI=1S/C27H33FN4O2/c1-18-4-6-21(24(16-18)34-3)19-8-12-32(13-9-19)25-22-17-20(31(2)14-15-33)5-7-23(22)29-26(30-25)27(28)10-11-27/h4-7,16-17,19,33H,8-15H2,1-3H3. The van der Waals surface area contributed by atoms with Crippen molar-refractivity contribution < 1.29 is 14.2 Å². The predicted molar refractivity (Wildman–Crippen MR) is 134 cm³/mol. The maximum atomic E-state index is 15.0. The predicted octanol–water partition coefficient (Wildman–Crippen LogP) is 4.72. The molecule has 2 aromatic carbocycles. The SMILES string of the molecule is COc1cc(C)ccc1C1CCN(c2nc(C3(F)CC3)nc3ccc(N(C)CCO)cc23)CC1. The molecule has 1 aromatic heterocycles. The van der Waals surface area contributed by atoms with E-state index < -0.39 is 5.67 Å². The van der Waals surface area contributed by atoms with Crippen LogP contribution in [-0.2, 0) is 5.67 Å². The molecular weight excluding hydrogens is 431 g/mol. The maximum absolute atomic E-state index is 15.0. The number of halogens is 1. The maximum Gasteiger partial charge on any atom is 0.170 e. The molecule has 0 amide bonds. The van der Waals surface area contributed by atoms with Gasteiger partial charge in [-0.1, -0.05) is 12.1 Å². The first-order chi connectivity index (χ1) is 16.4. The van der Waals surface area contributed by atoms with Gasteiger partial charge in [0.15, 0.2) is 11.5 Å². The largest absolute Gasteiger partial charge is 0.496 e. The molecule has 2 aliphatic rings. The van der Waals surface area contributed by atoms with Gasteiger partial charge >= 0.3 is 0 Å². The number of hydrogen-bond donors (Lipinski definition) is 1. The average molecular weight is 465 g/mol. The van der Waals surface area contributed by atoms with Crippen molar-refractivity contribution in [2.75, 3.05) is 50.2 Å². The molecule has 180 valence electrons. The second kappa shape index (κ2) is 9.02. The summed E-state index contributed by atoms with van der Waals surface area (Å²) < 4.78 is 20.7. The third kappa shape index (κ3) is 4.29. The zero-order chi connectivity index (χ0) is 23.9. The molecule has 0 atom stereocenters. The summed E-state index contributed by atoms with van der Waals surface area (Å²) in [5.41, 5.74) is 2.82. The van der Waals surface area contributed by atoms with E-state index in [2.05, 4.69) is 41.1 Å². The van der Waals surface area contributed by atoms with Crippen LogP contribution in [0.2, 0.25) is 0 Å². The first kappa shape index (κ1) is 22.8. The summed E-state index contributed by atoms with van der Waals surface area (Å²) in [6.07, 6.45) is 2.94. The molecule has 1 saturated heterocycles. The molecule has 2 heterocycles. The second-order valence-electron chi connectivity index (χ2n) is 9.69. The lowest BCUT2D eigenvalue weighted by Crippen LogP contribution is -2.34. The van der Waals surface area contributed by atoms with Gasteiger partial charge in [0.25, 0.3) is 0 Å². The summed E-state index contributed by atoms with van der Waals surface area (Å²) in [4.78, 5) is 13.7. The third-order valence-electron chi connectivity index (χ3n) is 7.25. The van der Waals surface area contributed by atoms with E-state index in [0.29, 0.717) is 31.1 Å². The quantitative estimate of drug-likeness (QED) is 0.546. The minimum absolute atomic E-state index is 0.0805. The van der Waals surface area contributed by atoms with Crippen LogP contribution in [0, 0.1) is 6.92 Å². The fourth-order valence-electron chi connectivity index (χ4n) is 4.95. The highest BCUT2D eigenvalue weighted by atomic mass is 19.1. The van der Waals surface area contributed by atoms with Crippen molar-refractivity contribution in [3.8, 4) is 5.75 Å². The third-order valence-corrected chi connectivity index (χ3v) is 7.25. The number of piperidine rings is 1. The Bertz CT molecular complexity index is 1190. The lowest BCUT2D eigenvalue weighted by molar-refractivity contribution is 0.301. The van der Waals surface area contributed by atoms with E-state index in [1.807, 2.05) is 24.1 Å². The van der Waals surface area contributed by atoms with Gasteiger partial charge in [0.2, 0.25) is 0 Å². The minimum Gasteiger partial charge on any atom is -0.496 e. The number of aryl methyl sites for hydroxylation is 1. The molecule has 6 nitrogen and oxygen atoms in total. The van der Waals surface area contributed by atoms with Crippen LogP contribution in [0.1, 0.15) is 48.6 Å². The summed E-state index contributed by atoms with van der Waals surface area (Å²) in [6.45, 7) is 4.37. The Morgan fingerprint density at radius 1 is 1.15 bits per heavy atom. The van der Waals surface area contributed by atoms with Crippen LogP contribution in [0.3, 0.4) is 0 Å². The normalized spacial score (nSPS) is 17.7. The van der Waals surface area contributed by atoms with Crippen molar-refractivity contribution in [3.63, 3.8) is 0 Å². The number of alkyl halides is 1. The van der Waals surface area contributed by atoms with Gasteiger partial charge in [-0.05, 0) is 73.9 Å². The molecule has 1 N–H and O–H groups in total. The highest BCUT2D eigenvalue weighted by Crippen LogP contribution is 2.49. The van der Waals surface area contributed by atoms with Crippen molar-refractivity contribution >= 4 is 22.4 Å². The van der Waals surface area contributed by atoms with E-state index in [-0.39, 0.29) is 6.61 Å². The Hall–Kier alpha value is -2.93. The fraction of sp³-hybridized carbons (Fsp3) is 0.481. The number of methoxy groups -OCH3 is 1. The molecule has 0 bridgehead atoms. The number of nitrogens with zero attached hydrogens (tertiary/aromatic N) is 4. The van der Waals surface area contributed by atoms with Crippen molar-refractivity contribution in [2.24, 2.45) is 0 Å². The number of ether oxygens (including phenoxy) is 1. The van der Waals surface area contributed by atoms with Crippen molar-refractivity contribution in [3.05, 3.63) is 53.3 Å². The monoisotopic (exact) mass is 464 g/mol. The van der Waals surface area contributed by atoms with Crippen LogP contribution < -0.4 is 14.5 Å². The molecule has 1 aliphatic heterocycles. The molecule has 3 aromatic rings. The van der Waals surface area contributed by atoms with Crippen LogP contribution in [-0.4, -0.2) is 55.5 Å². The molecular formula is C27H33FN4O2.